The van der Waals surface area contributed by atoms with Crippen LogP contribution in [-0.2, 0) is 18.2 Å². The van der Waals surface area contributed by atoms with Crippen LogP contribution in [0.4, 0.5) is 0 Å². The van der Waals surface area contributed by atoms with E-state index in [1.54, 1.807) is 0 Å². The molecule has 1 aliphatic rings. The van der Waals surface area contributed by atoms with Crippen molar-refractivity contribution in [2.24, 2.45) is 7.05 Å². The number of nitrogens with zero attached hydrogens (tertiary/aromatic N) is 3. The molecule has 4 rings (SSSR count). The summed E-state index contributed by atoms with van der Waals surface area (Å²) in [5.74, 6) is 0.789. The second-order valence-electron chi connectivity index (χ2n) is 7.18. The van der Waals surface area contributed by atoms with E-state index in [-0.39, 0.29) is 0 Å². The lowest BCUT2D eigenvalue weighted by Crippen LogP contribution is -2.38. The van der Waals surface area contributed by atoms with E-state index >= 15 is 0 Å². The van der Waals surface area contributed by atoms with Gasteiger partial charge in [-0.25, -0.2) is 0 Å². The summed E-state index contributed by atoms with van der Waals surface area (Å²) in [5, 5.41) is 16.6. The zero-order chi connectivity index (χ0) is 19.0. The van der Waals surface area contributed by atoms with E-state index in [0.717, 1.165) is 71.9 Å². The quantitative estimate of drug-likeness (QED) is 0.749. The number of aryl methyl sites for hydroxylation is 3. The van der Waals surface area contributed by atoms with E-state index in [1.807, 2.05) is 19.1 Å². The van der Waals surface area contributed by atoms with E-state index in [4.69, 9.17) is 9.26 Å². The molecule has 0 saturated carbocycles. The molecule has 3 heterocycles. The van der Waals surface area contributed by atoms with Crippen LogP contribution in [0.3, 0.4) is 0 Å². The first-order chi connectivity index (χ1) is 13.1. The zero-order valence-electron chi connectivity index (χ0n) is 16.2. The number of rotatable bonds is 5. The van der Waals surface area contributed by atoms with Crippen molar-refractivity contribution < 1.29 is 14.4 Å². The van der Waals surface area contributed by atoms with E-state index in [1.165, 1.54) is 0 Å². The number of β-amino-alcohol motifs (C(OH)–C–C–N with tert-alkyl or cyclic N) is 1. The van der Waals surface area contributed by atoms with Crippen LogP contribution in [0.5, 0.6) is 0 Å². The lowest BCUT2D eigenvalue weighted by atomic mass is 9.98. The molecule has 1 fully saturated rings. The standard InChI is InChI=1S/C21H27N3O3/c1-4-16-19(14(2)27-22-16)21-20(15-7-5-6-8-17(15)23(21)3)18(25)13-24-9-11-26-12-10-24/h5-8,18,25H,4,9-13H2,1-3H3. The van der Waals surface area contributed by atoms with Gasteiger partial charge in [0.05, 0.1) is 36.3 Å². The molecule has 1 aliphatic heterocycles. The minimum atomic E-state index is -0.594. The average molecular weight is 369 g/mol. The van der Waals surface area contributed by atoms with Crippen LogP contribution in [0.1, 0.15) is 30.0 Å². The Morgan fingerprint density at radius 3 is 2.70 bits per heavy atom. The predicted molar refractivity (Wildman–Crippen MR) is 105 cm³/mol. The summed E-state index contributed by atoms with van der Waals surface area (Å²) < 4.78 is 13.1. The van der Waals surface area contributed by atoms with Crippen LogP contribution in [0, 0.1) is 6.92 Å². The summed E-state index contributed by atoms with van der Waals surface area (Å²) in [4.78, 5) is 2.26. The monoisotopic (exact) mass is 369 g/mol. The molecule has 3 aromatic rings. The van der Waals surface area contributed by atoms with Crippen molar-refractivity contribution in [3.8, 4) is 11.3 Å². The highest BCUT2D eigenvalue weighted by Gasteiger charge is 2.28. The molecule has 0 radical (unpaired) electrons. The molecule has 0 aliphatic carbocycles. The maximum Gasteiger partial charge on any atom is 0.143 e. The molecule has 1 atom stereocenters. The van der Waals surface area contributed by atoms with E-state index in [0.29, 0.717) is 6.54 Å². The largest absolute Gasteiger partial charge is 0.387 e. The first kappa shape index (κ1) is 18.2. The summed E-state index contributed by atoms with van der Waals surface area (Å²) in [6, 6.07) is 8.24. The van der Waals surface area contributed by atoms with Gasteiger partial charge in [0, 0.05) is 43.1 Å². The number of morpholine rings is 1. The van der Waals surface area contributed by atoms with Crippen molar-refractivity contribution in [2.75, 3.05) is 32.8 Å². The molecule has 1 saturated heterocycles. The van der Waals surface area contributed by atoms with Gasteiger partial charge in [-0.3, -0.25) is 4.90 Å². The Morgan fingerprint density at radius 2 is 1.96 bits per heavy atom. The van der Waals surface area contributed by atoms with E-state index < -0.39 is 6.10 Å². The predicted octanol–water partition coefficient (Wildman–Crippen LogP) is 3.07. The number of ether oxygens (including phenoxy) is 1. The van der Waals surface area contributed by atoms with Gasteiger partial charge in [-0.1, -0.05) is 30.3 Å². The highest BCUT2D eigenvalue weighted by molar-refractivity contribution is 5.93. The van der Waals surface area contributed by atoms with Crippen LogP contribution in [0.25, 0.3) is 22.2 Å². The van der Waals surface area contributed by atoms with Gasteiger partial charge >= 0.3 is 0 Å². The molecule has 0 amide bonds. The Balaban J connectivity index is 1.86. The molecule has 144 valence electrons. The van der Waals surface area contributed by atoms with Gasteiger partial charge in [0.1, 0.15) is 5.76 Å². The third-order valence-electron chi connectivity index (χ3n) is 5.52. The number of aliphatic hydroxyl groups excluding tert-OH is 1. The minimum absolute atomic E-state index is 0.593. The lowest BCUT2D eigenvalue weighted by Gasteiger charge is -2.29. The fourth-order valence-corrected chi connectivity index (χ4v) is 4.14. The number of benzene rings is 1. The molecular weight excluding hydrogens is 342 g/mol. The lowest BCUT2D eigenvalue weighted by molar-refractivity contribution is 0.0147. The molecule has 1 aromatic carbocycles. The van der Waals surface area contributed by atoms with Gasteiger partial charge in [0.15, 0.2) is 0 Å². The molecule has 0 spiro atoms. The topological polar surface area (TPSA) is 63.7 Å². The number of para-hydroxylation sites is 1. The molecule has 2 aromatic heterocycles. The second kappa shape index (κ2) is 7.46. The SMILES string of the molecule is CCc1noc(C)c1-c1c(C(O)CN2CCOCC2)c2ccccc2n1C. The summed E-state index contributed by atoms with van der Waals surface area (Å²) in [5.41, 5.74) is 5.00. The number of aromatic nitrogens is 2. The van der Waals surface area contributed by atoms with Crippen LogP contribution >= 0.6 is 0 Å². The molecule has 1 unspecified atom stereocenters. The number of fused-ring (bicyclic) bond motifs is 1. The van der Waals surface area contributed by atoms with Gasteiger partial charge in [-0.2, -0.15) is 0 Å². The number of aliphatic hydroxyl groups is 1. The van der Waals surface area contributed by atoms with Crippen LogP contribution in [0.15, 0.2) is 28.8 Å². The third kappa shape index (κ3) is 3.18. The Hall–Kier alpha value is -2.15. The molecule has 0 bridgehead atoms. The maximum atomic E-state index is 11.3. The third-order valence-corrected chi connectivity index (χ3v) is 5.52. The highest BCUT2D eigenvalue weighted by Crippen LogP contribution is 2.40. The molecular formula is C21H27N3O3. The fraction of sp³-hybridized carbons (Fsp3) is 0.476. The first-order valence-corrected chi connectivity index (χ1v) is 9.62. The fourth-order valence-electron chi connectivity index (χ4n) is 4.14. The van der Waals surface area contributed by atoms with Crippen LogP contribution in [0.2, 0.25) is 0 Å². The van der Waals surface area contributed by atoms with Crippen molar-refractivity contribution in [3.63, 3.8) is 0 Å². The van der Waals surface area contributed by atoms with Gasteiger partial charge < -0.3 is 18.9 Å². The Morgan fingerprint density at radius 1 is 1.22 bits per heavy atom. The summed E-state index contributed by atoms with van der Waals surface area (Å²) in [6.07, 6.45) is 0.191. The van der Waals surface area contributed by atoms with Crippen LogP contribution < -0.4 is 0 Å². The zero-order valence-corrected chi connectivity index (χ0v) is 16.2. The smallest absolute Gasteiger partial charge is 0.143 e. The normalized spacial score (nSPS) is 16.9. The van der Waals surface area contributed by atoms with Crippen molar-refractivity contribution >= 4 is 10.9 Å². The van der Waals surface area contributed by atoms with Crippen molar-refractivity contribution in [2.45, 2.75) is 26.4 Å². The van der Waals surface area contributed by atoms with Crippen LogP contribution in [-0.4, -0.2) is 52.6 Å². The van der Waals surface area contributed by atoms with E-state index in [9.17, 15) is 5.11 Å². The van der Waals surface area contributed by atoms with E-state index in [2.05, 4.69) is 40.7 Å². The Bertz CT molecular complexity index is 938. The minimum Gasteiger partial charge on any atom is -0.387 e. The number of hydrogen-bond donors (Lipinski definition) is 1. The Kier molecular flexibility index (Phi) is 5.04. The number of hydrogen-bond acceptors (Lipinski definition) is 5. The van der Waals surface area contributed by atoms with Gasteiger partial charge in [0.2, 0.25) is 0 Å². The molecule has 27 heavy (non-hydrogen) atoms. The van der Waals surface area contributed by atoms with Crippen molar-refractivity contribution in [1.29, 1.82) is 0 Å². The van der Waals surface area contributed by atoms with Gasteiger partial charge in [0.25, 0.3) is 0 Å². The van der Waals surface area contributed by atoms with Crippen molar-refractivity contribution in [3.05, 3.63) is 41.3 Å². The molecule has 6 nitrogen and oxygen atoms in total. The first-order valence-electron chi connectivity index (χ1n) is 9.62. The molecule has 1 N–H and O–H groups in total. The van der Waals surface area contributed by atoms with Gasteiger partial charge in [-0.05, 0) is 19.4 Å². The summed E-state index contributed by atoms with van der Waals surface area (Å²) in [7, 11) is 2.05. The van der Waals surface area contributed by atoms with Gasteiger partial charge in [-0.15, -0.1) is 0 Å². The average Bonchev–Trinajstić information content (AvgIpc) is 3.19. The highest BCUT2D eigenvalue weighted by atomic mass is 16.5. The summed E-state index contributed by atoms with van der Waals surface area (Å²) >= 11 is 0. The summed E-state index contributed by atoms with van der Waals surface area (Å²) in [6.45, 7) is 7.76. The Labute approximate surface area is 159 Å². The second-order valence-corrected chi connectivity index (χ2v) is 7.18. The molecule has 6 heteroatoms. The maximum absolute atomic E-state index is 11.3. The van der Waals surface area contributed by atoms with Crippen molar-refractivity contribution in [1.82, 2.24) is 14.6 Å².